The molecule has 25 heavy (non-hydrogen) atoms. The maximum Gasteiger partial charge on any atom is 0.321 e. The summed E-state index contributed by atoms with van der Waals surface area (Å²) in [5.74, 6) is 0.268. The lowest BCUT2D eigenvalue weighted by atomic mass is 10.0. The van der Waals surface area contributed by atoms with Gasteiger partial charge in [-0.1, -0.05) is 6.92 Å². The summed E-state index contributed by atoms with van der Waals surface area (Å²) in [5.41, 5.74) is 3.29. The van der Waals surface area contributed by atoms with E-state index in [1.165, 1.54) is 6.33 Å². The summed E-state index contributed by atoms with van der Waals surface area (Å²) in [7, 11) is 0. The van der Waals surface area contributed by atoms with Crippen molar-refractivity contribution in [3.63, 3.8) is 0 Å². The average Bonchev–Trinajstić information content (AvgIpc) is 3.03. The number of ketones is 1. The third kappa shape index (κ3) is 3.47. The van der Waals surface area contributed by atoms with Crippen molar-refractivity contribution in [2.75, 3.05) is 11.9 Å². The smallest absolute Gasteiger partial charge is 0.321 e. The number of anilines is 1. The first-order chi connectivity index (χ1) is 12.1. The minimum Gasteiger partial charge on any atom is -0.338 e. The number of Topliss-reactive ketones (excluding diaryl/α,β-unsaturated/α-hetero) is 1. The lowest BCUT2D eigenvalue weighted by Gasteiger charge is -2.05. The quantitative estimate of drug-likeness (QED) is 0.619. The number of rotatable bonds is 5. The number of carbonyl (C=O) groups excluding carboxylic acids is 2. The summed E-state index contributed by atoms with van der Waals surface area (Å²) in [6.07, 6.45) is 5.16. The highest BCUT2D eigenvalue weighted by atomic mass is 16.2. The molecule has 128 valence electrons. The lowest BCUT2D eigenvalue weighted by molar-refractivity contribution is 0.0989. The molecule has 8 heteroatoms. The van der Waals surface area contributed by atoms with Crippen LogP contribution >= 0.6 is 0 Å². The first-order valence-corrected chi connectivity index (χ1v) is 7.99. The molecule has 3 aromatic rings. The van der Waals surface area contributed by atoms with Gasteiger partial charge in [0.1, 0.15) is 6.33 Å². The Kier molecular flexibility index (Phi) is 4.69. The molecule has 0 aliphatic carbocycles. The maximum atomic E-state index is 12.4. The first kappa shape index (κ1) is 16.6. The summed E-state index contributed by atoms with van der Waals surface area (Å²) in [6.45, 7) is 4.13. The predicted octanol–water partition coefficient (Wildman–Crippen LogP) is 2.75. The maximum absolute atomic E-state index is 12.4. The number of fused-ring (bicyclic) bond motifs is 1. The van der Waals surface area contributed by atoms with E-state index in [-0.39, 0.29) is 17.8 Å². The van der Waals surface area contributed by atoms with E-state index in [2.05, 4.69) is 30.6 Å². The minimum absolute atomic E-state index is 0.0168. The molecule has 2 heterocycles. The number of urea groups is 1. The Hall–Kier alpha value is -3.29. The molecule has 0 atom stereocenters. The molecular formula is C17H18N6O2. The van der Waals surface area contributed by atoms with Crippen LogP contribution < -0.4 is 10.6 Å². The van der Waals surface area contributed by atoms with Crippen LogP contribution in [0.4, 0.5) is 10.7 Å². The van der Waals surface area contributed by atoms with Crippen molar-refractivity contribution >= 4 is 28.8 Å². The number of nitrogens with zero attached hydrogens (tertiary/aromatic N) is 3. The first-order valence-electron chi connectivity index (χ1n) is 7.99. The van der Waals surface area contributed by atoms with Crippen molar-refractivity contribution in [3.8, 4) is 11.1 Å². The fourth-order valence-corrected chi connectivity index (χ4v) is 2.51. The zero-order valence-corrected chi connectivity index (χ0v) is 14.0. The zero-order valence-electron chi connectivity index (χ0n) is 14.0. The molecule has 2 amide bonds. The van der Waals surface area contributed by atoms with Gasteiger partial charge in [0, 0.05) is 36.5 Å². The van der Waals surface area contributed by atoms with E-state index >= 15 is 0 Å². The molecule has 0 bridgehead atoms. The Balaban J connectivity index is 2.10. The molecule has 0 aliphatic rings. The molecule has 0 saturated carbocycles. The zero-order chi connectivity index (χ0) is 17.8. The van der Waals surface area contributed by atoms with Crippen LogP contribution in [-0.2, 0) is 0 Å². The number of benzene rings is 1. The van der Waals surface area contributed by atoms with Gasteiger partial charge in [-0.3, -0.25) is 10.1 Å². The van der Waals surface area contributed by atoms with Gasteiger partial charge in [-0.05, 0) is 24.6 Å². The van der Waals surface area contributed by atoms with Crippen LogP contribution in [0.25, 0.3) is 22.2 Å². The van der Waals surface area contributed by atoms with E-state index in [0.29, 0.717) is 29.6 Å². The molecule has 0 radical (unpaired) electrons. The van der Waals surface area contributed by atoms with Gasteiger partial charge in [-0.15, -0.1) is 0 Å². The predicted molar refractivity (Wildman–Crippen MR) is 94.4 cm³/mol. The number of carbonyl (C=O) groups is 2. The number of aromatic amines is 1. The van der Waals surface area contributed by atoms with Gasteiger partial charge >= 0.3 is 6.03 Å². The van der Waals surface area contributed by atoms with Crippen LogP contribution in [0.3, 0.4) is 0 Å². The summed E-state index contributed by atoms with van der Waals surface area (Å²) in [4.78, 5) is 39.5. The van der Waals surface area contributed by atoms with Gasteiger partial charge in [0.25, 0.3) is 0 Å². The van der Waals surface area contributed by atoms with Crippen molar-refractivity contribution in [2.24, 2.45) is 0 Å². The Labute approximate surface area is 144 Å². The van der Waals surface area contributed by atoms with Crippen molar-refractivity contribution < 1.29 is 9.59 Å². The largest absolute Gasteiger partial charge is 0.338 e. The molecule has 1 aromatic carbocycles. The SMILES string of the molecule is CCNC(=O)Nc1nc2cc(-c3cncnc3)cc(C(=O)CC)c2[nH]1. The van der Waals surface area contributed by atoms with E-state index in [1.807, 2.05) is 13.0 Å². The Morgan fingerprint density at radius 2 is 1.88 bits per heavy atom. The van der Waals surface area contributed by atoms with Crippen LogP contribution in [0.15, 0.2) is 30.9 Å². The number of aromatic nitrogens is 4. The molecule has 2 aromatic heterocycles. The number of amides is 2. The normalized spacial score (nSPS) is 10.6. The van der Waals surface area contributed by atoms with Crippen molar-refractivity contribution in [2.45, 2.75) is 20.3 Å². The molecule has 0 fully saturated rings. The van der Waals surface area contributed by atoms with Crippen LogP contribution in [0.2, 0.25) is 0 Å². The third-order valence-electron chi connectivity index (χ3n) is 3.68. The molecule has 0 spiro atoms. The highest BCUT2D eigenvalue weighted by molar-refractivity contribution is 6.08. The fourth-order valence-electron chi connectivity index (χ4n) is 2.51. The summed E-state index contributed by atoms with van der Waals surface area (Å²) in [5, 5.41) is 5.25. The van der Waals surface area contributed by atoms with E-state index in [4.69, 9.17) is 0 Å². The summed E-state index contributed by atoms with van der Waals surface area (Å²) in [6, 6.07) is 3.27. The highest BCUT2D eigenvalue weighted by Gasteiger charge is 2.16. The number of H-pyrrole nitrogens is 1. The monoisotopic (exact) mass is 338 g/mol. The van der Waals surface area contributed by atoms with Gasteiger partial charge in [-0.2, -0.15) is 0 Å². The highest BCUT2D eigenvalue weighted by Crippen LogP contribution is 2.27. The van der Waals surface area contributed by atoms with E-state index in [1.54, 1.807) is 25.4 Å². The molecule has 0 unspecified atom stereocenters. The van der Waals surface area contributed by atoms with Crippen LogP contribution in [0.5, 0.6) is 0 Å². The number of imidazole rings is 1. The Bertz CT molecular complexity index is 920. The van der Waals surface area contributed by atoms with Gasteiger partial charge in [0.15, 0.2) is 5.78 Å². The summed E-state index contributed by atoms with van der Waals surface area (Å²) >= 11 is 0. The second-order valence-corrected chi connectivity index (χ2v) is 5.39. The topological polar surface area (TPSA) is 113 Å². The Morgan fingerprint density at radius 1 is 1.12 bits per heavy atom. The lowest BCUT2D eigenvalue weighted by Crippen LogP contribution is -2.28. The molecule has 0 aliphatic heterocycles. The van der Waals surface area contributed by atoms with Gasteiger partial charge in [0.05, 0.1) is 11.0 Å². The molecular weight excluding hydrogens is 320 g/mol. The molecule has 0 saturated heterocycles. The number of nitrogens with one attached hydrogen (secondary N) is 3. The summed E-state index contributed by atoms with van der Waals surface area (Å²) < 4.78 is 0. The van der Waals surface area contributed by atoms with Gasteiger partial charge in [0.2, 0.25) is 5.95 Å². The number of hydrogen-bond acceptors (Lipinski definition) is 5. The number of hydrogen-bond donors (Lipinski definition) is 3. The van der Waals surface area contributed by atoms with Crippen LogP contribution in [-0.4, -0.2) is 38.3 Å². The Morgan fingerprint density at radius 3 is 2.56 bits per heavy atom. The standard InChI is InChI=1S/C17H18N6O2/c1-3-14(24)12-5-10(11-7-18-9-19-8-11)6-13-15(12)22-16(21-13)23-17(25)20-4-2/h5-9H,3-4H2,1-2H3,(H3,20,21,22,23,25). The van der Waals surface area contributed by atoms with E-state index in [0.717, 1.165) is 11.1 Å². The average molecular weight is 338 g/mol. The van der Waals surface area contributed by atoms with E-state index in [9.17, 15) is 9.59 Å². The minimum atomic E-state index is -0.360. The van der Waals surface area contributed by atoms with Gasteiger partial charge in [-0.25, -0.2) is 19.7 Å². The van der Waals surface area contributed by atoms with Crippen LogP contribution in [0.1, 0.15) is 30.6 Å². The van der Waals surface area contributed by atoms with E-state index < -0.39 is 0 Å². The van der Waals surface area contributed by atoms with Crippen molar-refractivity contribution in [1.29, 1.82) is 0 Å². The van der Waals surface area contributed by atoms with Crippen LogP contribution in [0, 0.1) is 0 Å². The second kappa shape index (κ2) is 7.08. The molecule has 3 N–H and O–H groups in total. The third-order valence-corrected chi connectivity index (χ3v) is 3.68. The molecule has 3 rings (SSSR count). The fraction of sp³-hybridized carbons (Fsp3) is 0.235. The molecule has 8 nitrogen and oxygen atoms in total. The second-order valence-electron chi connectivity index (χ2n) is 5.39. The van der Waals surface area contributed by atoms with Crippen molar-refractivity contribution in [1.82, 2.24) is 25.3 Å². The van der Waals surface area contributed by atoms with Gasteiger partial charge < -0.3 is 10.3 Å². The van der Waals surface area contributed by atoms with Crippen molar-refractivity contribution in [3.05, 3.63) is 36.4 Å².